The molecule has 2 atom stereocenters. The summed E-state index contributed by atoms with van der Waals surface area (Å²) in [7, 11) is 0. The van der Waals surface area contributed by atoms with E-state index in [0.717, 1.165) is 31.2 Å². The van der Waals surface area contributed by atoms with Crippen LogP contribution in [0.15, 0.2) is 20.9 Å². The van der Waals surface area contributed by atoms with Crippen LogP contribution >= 0.6 is 0 Å². The molecule has 1 aromatic heterocycles. The zero-order chi connectivity index (χ0) is 14.3. The van der Waals surface area contributed by atoms with E-state index in [2.05, 4.69) is 6.92 Å². The molecule has 1 heterocycles. The van der Waals surface area contributed by atoms with Crippen molar-refractivity contribution in [2.24, 2.45) is 5.41 Å². The van der Waals surface area contributed by atoms with E-state index in [-0.39, 0.29) is 17.1 Å². The van der Waals surface area contributed by atoms with Crippen molar-refractivity contribution in [2.75, 3.05) is 0 Å². The lowest BCUT2D eigenvalue weighted by Crippen LogP contribution is -2.43. The van der Waals surface area contributed by atoms with Gasteiger partial charge in [-0.25, -0.2) is 4.79 Å². The summed E-state index contributed by atoms with van der Waals surface area (Å²) in [4.78, 5) is 22.7. The highest BCUT2D eigenvalue weighted by molar-refractivity contribution is 5.61. The second-order valence-electron chi connectivity index (χ2n) is 5.96. The highest BCUT2D eigenvalue weighted by Crippen LogP contribution is 2.48. The molecule has 0 spiro atoms. The number of hydrogen-bond donors (Lipinski definition) is 0. The molecular weight excluding hydrogens is 256 g/mol. The van der Waals surface area contributed by atoms with Gasteiger partial charge in [0.1, 0.15) is 11.9 Å². The summed E-state index contributed by atoms with van der Waals surface area (Å²) in [6, 6.07) is 1.92. The van der Waals surface area contributed by atoms with Crippen LogP contribution in [0.25, 0.3) is 6.08 Å². The predicted octanol–water partition coefficient (Wildman–Crippen LogP) is 2.62. The Morgan fingerprint density at radius 2 is 2.30 bits per heavy atom. The van der Waals surface area contributed by atoms with Crippen molar-refractivity contribution in [2.45, 2.75) is 45.6 Å². The van der Waals surface area contributed by atoms with E-state index in [1.54, 1.807) is 6.92 Å². The van der Waals surface area contributed by atoms with Crippen LogP contribution in [0.5, 0.6) is 0 Å². The number of ether oxygens (including phenoxy) is 1. The van der Waals surface area contributed by atoms with Gasteiger partial charge in [-0.15, -0.1) is 0 Å². The molecule has 20 heavy (non-hydrogen) atoms. The van der Waals surface area contributed by atoms with Crippen molar-refractivity contribution in [3.05, 3.63) is 38.9 Å². The summed E-state index contributed by atoms with van der Waals surface area (Å²) in [6.07, 6.45) is 5.36. The third-order valence-electron chi connectivity index (χ3n) is 4.65. The van der Waals surface area contributed by atoms with Crippen LogP contribution in [0.1, 0.15) is 43.1 Å². The van der Waals surface area contributed by atoms with Gasteiger partial charge in [-0.05, 0) is 50.3 Å². The van der Waals surface area contributed by atoms with Gasteiger partial charge in [0.15, 0.2) is 0 Å². The Morgan fingerprint density at radius 3 is 3.05 bits per heavy atom. The van der Waals surface area contributed by atoms with E-state index in [9.17, 15) is 9.59 Å². The molecule has 3 rings (SSSR count). The fourth-order valence-electron chi connectivity index (χ4n) is 3.59. The Labute approximate surface area is 117 Å². The summed E-state index contributed by atoms with van der Waals surface area (Å²) in [5.41, 5.74) is 2.38. The van der Waals surface area contributed by atoms with E-state index < -0.39 is 0 Å². The quantitative estimate of drug-likeness (QED) is 0.778. The van der Waals surface area contributed by atoms with Gasteiger partial charge in [0.2, 0.25) is 0 Å². The molecule has 0 amide bonds. The largest absolute Gasteiger partial charge is 0.464 e. The minimum absolute atomic E-state index is 0.110. The van der Waals surface area contributed by atoms with Crippen LogP contribution in [-0.2, 0) is 16.0 Å². The molecule has 0 aliphatic heterocycles. The maximum absolute atomic E-state index is 12.0. The van der Waals surface area contributed by atoms with Gasteiger partial charge in [0, 0.05) is 5.41 Å². The Kier molecular flexibility index (Phi) is 3.04. The summed E-state index contributed by atoms with van der Waals surface area (Å²) < 4.78 is 10.5. The molecule has 0 saturated heterocycles. The summed E-state index contributed by atoms with van der Waals surface area (Å²) in [6.45, 7) is 4.45. The Bertz CT molecular complexity index is 640. The lowest BCUT2D eigenvalue weighted by atomic mass is 9.63. The lowest BCUT2D eigenvalue weighted by Gasteiger charge is -2.44. The first-order valence-corrected chi connectivity index (χ1v) is 6.98. The number of carbonyl (C=O) groups excluding carboxylic acids is 1. The number of fused-ring (bicyclic) bond motifs is 2. The van der Waals surface area contributed by atoms with Crippen LogP contribution < -0.4 is 5.63 Å². The fourth-order valence-corrected chi connectivity index (χ4v) is 3.59. The average molecular weight is 274 g/mol. The first-order chi connectivity index (χ1) is 9.54. The molecule has 0 bridgehead atoms. The molecule has 1 unspecified atom stereocenters. The van der Waals surface area contributed by atoms with Crippen LogP contribution in [0, 0.1) is 12.3 Å². The predicted molar refractivity (Wildman–Crippen MR) is 74.3 cm³/mol. The molecule has 1 aromatic rings. The Hall–Kier alpha value is -1.84. The van der Waals surface area contributed by atoms with Gasteiger partial charge in [0.25, 0.3) is 6.47 Å². The molecule has 0 radical (unpaired) electrons. The van der Waals surface area contributed by atoms with Gasteiger partial charge < -0.3 is 9.15 Å². The highest BCUT2D eigenvalue weighted by Gasteiger charge is 2.44. The van der Waals surface area contributed by atoms with Gasteiger partial charge in [-0.3, -0.25) is 4.79 Å². The monoisotopic (exact) mass is 274 g/mol. The smallest absolute Gasteiger partial charge is 0.343 e. The van der Waals surface area contributed by atoms with Crippen molar-refractivity contribution >= 4 is 12.5 Å². The van der Waals surface area contributed by atoms with Crippen LogP contribution in [-0.4, -0.2) is 12.6 Å². The lowest BCUT2D eigenvalue weighted by molar-refractivity contribution is -0.140. The molecule has 4 nitrogen and oxygen atoms in total. The normalized spacial score (nSPS) is 28.1. The summed E-state index contributed by atoms with van der Waals surface area (Å²) >= 11 is 0. The average Bonchev–Trinajstić information content (AvgIpc) is 2.38. The number of hydrogen-bond acceptors (Lipinski definition) is 4. The van der Waals surface area contributed by atoms with E-state index >= 15 is 0 Å². The molecule has 2 aliphatic carbocycles. The second-order valence-corrected chi connectivity index (χ2v) is 5.96. The first-order valence-electron chi connectivity index (χ1n) is 6.98. The van der Waals surface area contributed by atoms with Crippen molar-refractivity contribution in [1.82, 2.24) is 0 Å². The third-order valence-corrected chi connectivity index (χ3v) is 4.65. The second kappa shape index (κ2) is 4.62. The molecule has 1 fully saturated rings. The van der Waals surface area contributed by atoms with Crippen LogP contribution in [0.2, 0.25) is 0 Å². The standard InChI is InChI=1S/C16H18O4/c1-10-6-11-8-16(2)12(7-13(11)15(18)20-10)4-3-5-14(16)19-9-17/h6-7,9,14H,3-5,8H2,1-2H3/t14?,16-/m0/s1. The van der Waals surface area contributed by atoms with Crippen molar-refractivity contribution in [3.63, 3.8) is 0 Å². The van der Waals surface area contributed by atoms with Gasteiger partial charge in [-0.1, -0.05) is 12.5 Å². The van der Waals surface area contributed by atoms with Gasteiger partial charge in [0.05, 0.1) is 5.56 Å². The third kappa shape index (κ3) is 1.90. The maximum Gasteiger partial charge on any atom is 0.343 e. The Morgan fingerprint density at radius 1 is 1.50 bits per heavy atom. The molecule has 1 saturated carbocycles. The van der Waals surface area contributed by atoms with Crippen molar-refractivity contribution in [1.29, 1.82) is 0 Å². The molecular formula is C16H18O4. The number of aryl methyl sites for hydroxylation is 1. The molecule has 0 N–H and O–H groups in total. The summed E-state index contributed by atoms with van der Waals surface area (Å²) in [5, 5.41) is 0. The highest BCUT2D eigenvalue weighted by atomic mass is 16.5. The molecule has 2 aliphatic rings. The zero-order valence-electron chi connectivity index (χ0n) is 11.8. The number of carbonyl (C=O) groups is 1. The van der Waals surface area contributed by atoms with E-state index in [4.69, 9.17) is 9.15 Å². The van der Waals surface area contributed by atoms with Crippen molar-refractivity contribution in [3.8, 4) is 0 Å². The zero-order valence-corrected chi connectivity index (χ0v) is 11.8. The van der Waals surface area contributed by atoms with Crippen LogP contribution in [0.3, 0.4) is 0 Å². The molecule has 4 heteroatoms. The topological polar surface area (TPSA) is 56.5 Å². The van der Waals surface area contributed by atoms with Crippen LogP contribution in [0.4, 0.5) is 0 Å². The first kappa shape index (κ1) is 13.2. The van der Waals surface area contributed by atoms with Gasteiger partial charge in [-0.2, -0.15) is 0 Å². The van der Waals surface area contributed by atoms with Crippen molar-refractivity contribution < 1.29 is 13.9 Å². The van der Waals surface area contributed by atoms with E-state index in [0.29, 0.717) is 17.8 Å². The number of rotatable bonds is 2. The fraction of sp³-hybridized carbons (Fsp3) is 0.500. The maximum atomic E-state index is 12.0. The summed E-state index contributed by atoms with van der Waals surface area (Å²) in [5.74, 6) is 0.623. The van der Waals surface area contributed by atoms with Gasteiger partial charge >= 0.3 is 5.63 Å². The van der Waals surface area contributed by atoms with E-state index in [1.807, 2.05) is 12.1 Å². The molecule has 106 valence electrons. The molecule has 0 aromatic carbocycles. The SMILES string of the molecule is Cc1cc2c(c(=O)o1)C=C1CCCC(OC=O)[C@@]1(C)C2. The Balaban J connectivity index is 2.11. The van der Waals surface area contributed by atoms with E-state index in [1.165, 1.54) is 5.57 Å². The minimum Gasteiger partial charge on any atom is -0.464 e. The minimum atomic E-state index is -0.270.